The van der Waals surface area contributed by atoms with Crippen molar-refractivity contribution in [1.29, 1.82) is 0 Å². The first-order chi connectivity index (χ1) is 14.3. The molecule has 0 radical (unpaired) electrons. The number of para-hydroxylation sites is 1. The molecule has 0 saturated heterocycles. The summed E-state index contributed by atoms with van der Waals surface area (Å²) in [6, 6.07) is 22.3. The topological polar surface area (TPSA) is 84.5 Å². The normalized spacial score (nSPS) is 12.2. The quantitative estimate of drug-likeness (QED) is 0.525. The predicted octanol–water partition coefficient (Wildman–Crippen LogP) is 4.75. The molecule has 30 heavy (non-hydrogen) atoms. The lowest BCUT2D eigenvalue weighted by atomic mass is 10.0. The Morgan fingerprint density at radius 3 is 2.13 bits per heavy atom. The van der Waals surface area contributed by atoms with Crippen molar-refractivity contribution in [1.82, 2.24) is 4.72 Å². The smallest absolute Gasteiger partial charge is 0.226 e. The summed E-state index contributed by atoms with van der Waals surface area (Å²) in [5.74, 6) is 1.02. The molecule has 3 aromatic rings. The van der Waals surface area contributed by atoms with E-state index in [-0.39, 0.29) is 12.3 Å². The Labute approximate surface area is 180 Å². The lowest BCUT2D eigenvalue weighted by Gasteiger charge is -2.18. The molecule has 8 heteroatoms. The van der Waals surface area contributed by atoms with E-state index in [1.165, 1.54) is 0 Å². The van der Waals surface area contributed by atoms with Crippen molar-refractivity contribution in [3.05, 3.63) is 89.4 Å². The van der Waals surface area contributed by atoms with Crippen molar-refractivity contribution in [3.63, 3.8) is 0 Å². The van der Waals surface area contributed by atoms with E-state index < -0.39 is 16.1 Å². The maximum atomic E-state index is 12.5. The number of sulfonamides is 1. The van der Waals surface area contributed by atoms with Gasteiger partial charge in [-0.2, -0.15) is 0 Å². The minimum atomic E-state index is -3.51. The van der Waals surface area contributed by atoms with E-state index in [2.05, 4.69) is 10.0 Å². The van der Waals surface area contributed by atoms with Gasteiger partial charge in [-0.05, 0) is 54.1 Å². The van der Waals surface area contributed by atoms with Crippen molar-refractivity contribution >= 4 is 33.2 Å². The van der Waals surface area contributed by atoms with Gasteiger partial charge in [0.15, 0.2) is 0 Å². The highest BCUT2D eigenvalue weighted by molar-refractivity contribution is 7.88. The fraction of sp³-hybridized carbons (Fsp3) is 0.136. The van der Waals surface area contributed by atoms with Crippen LogP contribution in [-0.4, -0.2) is 20.6 Å². The molecule has 6 nitrogen and oxygen atoms in total. The van der Waals surface area contributed by atoms with Crippen LogP contribution in [0.15, 0.2) is 78.9 Å². The van der Waals surface area contributed by atoms with Gasteiger partial charge in [-0.15, -0.1) is 0 Å². The summed E-state index contributed by atoms with van der Waals surface area (Å²) in [4.78, 5) is 12.5. The number of hydrogen-bond acceptors (Lipinski definition) is 4. The number of rotatable bonds is 8. The highest BCUT2D eigenvalue weighted by Gasteiger charge is 2.20. The van der Waals surface area contributed by atoms with Crippen LogP contribution in [0.25, 0.3) is 0 Å². The van der Waals surface area contributed by atoms with Gasteiger partial charge in [0.05, 0.1) is 12.3 Å². The summed E-state index contributed by atoms with van der Waals surface area (Å²) in [6.07, 6.45) is 0.982. The fourth-order valence-corrected chi connectivity index (χ4v) is 3.67. The van der Waals surface area contributed by atoms with Crippen molar-refractivity contribution in [3.8, 4) is 11.5 Å². The number of halogens is 1. The van der Waals surface area contributed by atoms with Gasteiger partial charge in [0.1, 0.15) is 11.5 Å². The molecule has 1 atom stereocenters. The van der Waals surface area contributed by atoms with Crippen LogP contribution in [0.3, 0.4) is 0 Å². The van der Waals surface area contributed by atoms with Gasteiger partial charge in [0.2, 0.25) is 15.9 Å². The molecule has 0 aliphatic heterocycles. The largest absolute Gasteiger partial charge is 0.457 e. The molecule has 0 unspecified atom stereocenters. The van der Waals surface area contributed by atoms with Crippen LogP contribution in [-0.2, 0) is 14.8 Å². The van der Waals surface area contributed by atoms with Crippen LogP contribution in [0, 0.1) is 0 Å². The lowest BCUT2D eigenvalue weighted by Crippen LogP contribution is -2.30. The van der Waals surface area contributed by atoms with Crippen LogP contribution in [0.2, 0.25) is 5.02 Å². The number of carbonyl (C=O) groups is 1. The molecular formula is C22H21ClN2O4S. The molecule has 0 bridgehead atoms. The Hall–Kier alpha value is -2.87. The maximum Gasteiger partial charge on any atom is 0.226 e. The molecule has 156 valence electrons. The van der Waals surface area contributed by atoms with Crippen LogP contribution >= 0.6 is 11.6 Å². The van der Waals surface area contributed by atoms with E-state index in [9.17, 15) is 13.2 Å². The number of anilines is 1. The Bertz CT molecular complexity index is 1090. The first-order valence-electron chi connectivity index (χ1n) is 9.14. The van der Waals surface area contributed by atoms with Crippen molar-refractivity contribution in [2.24, 2.45) is 0 Å². The average molecular weight is 445 g/mol. The van der Waals surface area contributed by atoms with Crippen LogP contribution < -0.4 is 14.8 Å². The standard InChI is InChI=1S/C22H21ClN2O4S/c1-30(27,28)25-21(16-7-9-17(23)10-8-16)15-22(26)24-18-11-13-20(14-12-18)29-19-5-3-2-4-6-19/h2-14,21,25H,15H2,1H3,(H,24,26)/t21-/m1/s1. The summed E-state index contributed by atoms with van der Waals surface area (Å²) in [7, 11) is -3.51. The van der Waals surface area contributed by atoms with Crippen molar-refractivity contribution in [2.45, 2.75) is 12.5 Å². The number of amides is 1. The van der Waals surface area contributed by atoms with Gasteiger partial charge in [0.25, 0.3) is 0 Å². The van der Waals surface area contributed by atoms with Crippen LogP contribution in [0.4, 0.5) is 5.69 Å². The summed E-state index contributed by atoms with van der Waals surface area (Å²) < 4.78 is 31.7. The van der Waals surface area contributed by atoms with Crippen LogP contribution in [0.1, 0.15) is 18.0 Å². The molecule has 3 rings (SSSR count). The minimum Gasteiger partial charge on any atom is -0.457 e. The molecule has 0 fully saturated rings. The zero-order chi connectivity index (χ0) is 21.6. The van der Waals surface area contributed by atoms with Gasteiger partial charge >= 0.3 is 0 Å². The van der Waals surface area contributed by atoms with Gasteiger partial charge in [-0.25, -0.2) is 13.1 Å². The van der Waals surface area contributed by atoms with Gasteiger partial charge < -0.3 is 10.1 Å². The van der Waals surface area contributed by atoms with E-state index in [4.69, 9.17) is 16.3 Å². The van der Waals surface area contributed by atoms with Crippen molar-refractivity contribution < 1.29 is 17.9 Å². The molecule has 0 heterocycles. The van der Waals surface area contributed by atoms with Crippen molar-refractivity contribution in [2.75, 3.05) is 11.6 Å². The lowest BCUT2D eigenvalue weighted by molar-refractivity contribution is -0.116. The zero-order valence-electron chi connectivity index (χ0n) is 16.2. The maximum absolute atomic E-state index is 12.5. The molecule has 2 N–H and O–H groups in total. The SMILES string of the molecule is CS(=O)(=O)N[C@H](CC(=O)Nc1ccc(Oc2ccccc2)cc1)c1ccc(Cl)cc1. The fourth-order valence-electron chi connectivity index (χ4n) is 2.81. The first kappa shape index (κ1) is 21.8. The molecule has 3 aromatic carbocycles. The summed E-state index contributed by atoms with van der Waals surface area (Å²) in [5.41, 5.74) is 1.22. The predicted molar refractivity (Wildman–Crippen MR) is 118 cm³/mol. The second-order valence-electron chi connectivity index (χ2n) is 6.69. The molecule has 0 saturated carbocycles. The second kappa shape index (κ2) is 9.75. The minimum absolute atomic E-state index is 0.0725. The molecular weight excluding hydrogens is 424 g/mol. The summed E-state index contributed by atoms with van der Waals surface area (Å²) >= 11 is 5.90. The van der Waals surface area contributed by atoms with E-state index in [1.807, 2.05) is 30.3 Å². The van der Waals surface area contributed by atoms with E-state index in [0.29, 0.717) is 27.8 Å². The third-order valence-electron chi connectivity index (χ3n) is 4.14. The third-order valence-corrected chi connectivity index (χ3v) is 5.10. The summed E-state index contributed by atoms with van der Waals surface area (Å²) in [6.45, 7) is 0. The average Bonchev–Trinajstić information content (AvgIpc) is 2.69. The first-order valence-corrected chi connectivity index (χ1v) is 11.4. The number of nitrogens with one attached hydrogen (secondary N) is 2. The van der Waals surface area contributed by atoms with Gasteiger partial charge in [-0.1, -0.05) is 41.9 Å². The molecule has 0 aliphatic rings. The highest BCUT2D eigenvalue weighted by atomic mass is 35.5. The summed E-state index contributed by atoms with van der Waals surface area (Å²) in [5, 5.41) is 3.30. The monoisotopic (exact) mass is 444 g/mol. The number of carbonyl (C=O) groups excluding carboxylic acids is 1. The Balaban J connectivity index is 1.65. The molecule has 0 spiro atoms. The van der Waals surface area contributed by atoms with Gasteiger partial charge in [0, 0.05) is 17.1 Å². The number of benzene rings is 3. The third kappa shape index (κ3) is 6.88. The van der Waals surface area contributed by atoms with E-state index in [0.717, 1.165) is 6.26 Å². The molecule has 0 aromatic heterocycles. The highest BCUT2D eigenvalue weighted by Crippen LogP contribution is 2.24. The Kier molecular flexibility index (Phi) is 7.10. The van der Waals surface area contributed by atoms with Crippen LogP contribution in [0.5, 0.6) is 11.5 Å². The Morgan fingerprint density at radius 1 is 0.933 bits per heavy atom. The molecule has 0 aliphatic carbocycles. The van der Waals surface area contributed by atoms with E-state index in [1.54, 1.807) is 48.5 Å². The number of ether oxygens (including phenoxy) is 1. The second-order valence-corrected chi connectivity index (χ2v) is 8.90. The van der Waals surface area contributed by atoms with Gasteiger partial charge in [-0.3, -0.25) is 4.79 Å². The Morgan fingerprint density at radius 2 is 1.53 bits per heavy atom. The zero-order valence-corrected chi connectivity index (χ0v) is 17.8. The van der Waals surface area contributed by atoms with E-state index >= 15 is 0 Å². The number of hydrogen-bond donors (Lipinski definition) is 2. The molecule has 1 amide bonds.